The molecule has 5 heteroatoms. The summed E-state index contributed by atoms with van der Waals surface area (Å²) in [6, 6.07) is 17.9. The first-order valence-corrected chi connectivity index (χ1v) is 9.34. The van der Waals surface area contributed by atoms with E-state index in [0.29, 0.717) is 4.32 Å². The zero-order chi connectivity index (χ0) is 17.8. The number of anilines is 2. The van der Waals surface area contributed by atoms with E-state index < -0.39 is 0 Å². The molecule has 2 aromatic rings. The molecule has 0 aliphatic carbocycles. The van der Waals surface area contributed by atoms with E-state index in [-0.39, 0.29) is 11.3 Å². The van der Waals surface area contributed by atoms with Crippen LogP contribution in [0, 0.1) is 0 Å². The van der Waals surface area contributed by atoms with Crippen LogP contribution in [0.25, 0.3) is 0 Å². The summed E-state index contributed by atoms with van der Waals surface area (Å²) >= 11 is 6.92. The van der Waals surface area contributed by atoms with Crippen LogP contribution in [0.3, 0.4) is 0 Å². The van der Waals surface area contributed by atoms with Gasteiger partial charge in [0.1, 0.15) is 4.91 Å². The molecule has 0 bridgehead atoms. The smallest absolute Gasteiger partial charge is 0.272 e. The molecule has 1 amide bonds. The topological polar surface area (TPSA) is 23.6 Å². The van der Waals surface area contributed by atoms with Gasteiger partial charge in [0.05, 0.1) is 5.69 Å². The van der Waals surface area contributed by atoms with Crippen molar-refractivity contribution in [1.29, 1.82) is 0 Å². The normalized spacial score (nSPS) is 21.9. The third-order valence-electron chi connectivity index (χ3n) is 4.86. The van der Waals surface area contributed by atoms with E-state index in [1.54, 1.807) is 4.90 Å². The third-order valence-corrected chi connectivity index (χ3v) is 6.23. The van der Waals surface area contributed by atoms with E-state index in [2.05, 4.69) is 30.9 Å². The minimum Gasteiger partial charge on any atom is -0.346 e. The molecule has 0 saturated carbocycles. The Bertz CT molecular complexity index is 918. The molecule has 1 saturated heterocycles. The molecule has 1 fully saturated rings. The number of thiocarbonyl (C=S) groups is 1. The van der Waals surface area contributed by atoms with Gasteiger partial charge in [0.15, 0.2) is 4.32 Å². The summed E-state index contributed by atoms with van der Waals surface area (Å²) < 4.78 is 0.582. The maximum atomic E-state index is 13.2. The highest BCUT2D eigenvalue weighted by Crippen LogP contribution is 2.51. The van der Waals surface area contributed by atoms with Crippen molar-refractivity contribution in [3.8, 4) is 0 Å². The number of nitrogens with zero attached hydrogens (tertiary/aromatic N) is 2. The lowest BCUT2D eigenvalue weighted by Gasteiger charge is -2.25. The molecule has 0 N–H and O–H groups in total. The molecule has 3 nitrogen and oxygen atoms in total. The van der Waals surface area contributed by atoms with Crippen molar-refractivity contribution in [1.82, 2.24) is 0 Å². The number of benzene rings is 2. The van der Waals surface area contributed by atoms with Crippen molar-refractivity contribution in [2.24, 2.45) is 0 Å². The van der Waals surface area contributed by atoms with E-state index in [9.17, 15) is 4.79 Å². The van der Waals surface area contributed by atoms with Crippen LogP contribution in [0.5, 0.6) is 0 Å². The number of hydrogen-bond acceptors (Lipinski definition) is 4. The zero-order valence-electron chi connectivity index (χ0n) is 14.3. The van der Waals surface area contributed by atoms with E-state index >= 15 is 0 Å². The van der Waals surface area contributed by atoms with Crippen LogP contribution in [-0.2, 0) is 10.2 Å². The maximum absolute atomic E-state index is 13.2. The maximum Gasteiger partial charge on any atom is 0.272 e. The number of para-hydroxylation sites is 2. The summed E-state index contributed by atoms with van der Waals surface area (Å²) in [5.74, 6) is -0.0380. The van der Waals surface area contributed by atoms with Crippen LogP contribution in [0.1, 0.15) is 19.4 Å². The van der Waals surface area contributed by atoms with Crippen molar-refractivity contribution in [3.05, 3.63) is 70.8 Å². The number of carbonyl (C=O) groups is 1. The molecule has 25 heavy (non-hydrogen) atoms. The number of hydrogen-bond donors (Lipinski definition) is 0. The van der Waals surface area contributed by atoms with E-state index in [0.717, 1.165) is 22.0 Å². The second kappa shape index (κ2) is 5.71. The fraction of sp³-hybridized carbons (Fsp3) is 0.200. The third kappa shape index (κ3) is 2.34. The van der Waals surface area contributed by atoms with Gasteiger partial charge in [-0.25, -0.2) is 0 Å². The number of carbonyl (C=O) groups excluding carboxylic acids is 1. The number of fused-ring (bicyclic) bond motifs is 1. The SMILES string of the molecule is CN1/C(=C2/SC(=S)N(c3ccccc3)C2=O)C(C)(C)c2ccccc21. The molecule has 4 rings (SSSR count). The minimum absolute atomic E-state index is 0.0380. The summed E-state index contributed by atoms with van der Waals surface area (Å²) in [6.45, 7) is 4.33. The minimum atomic E-state index is -0.244. The molecule has 2 aliphatic heterocycles. The fourth-order valence-corrected chi connectivity index (χ4v) is 5.27. The van der Waals surface area contributed by atoms with Crippen LogP contribution < -0.4 is 9.80 Å². The van der Waals surface area contributed by atoms with Gasteiger partial charge in [-0.15, -0.1) is 0 Å². The van der Waals surface area contributed by atoms with Gasteiger partial charge in [0.25, 0.3) is 5.91 Å². The average molecular weight is 367 g/mol. The highest BCUT2D eigenvalue weighted by atomic mass is 32.2. The first kappa shape index (κ1) is 16.4. The zero-order valence-corrected chi connectivity index (χ0v) is 15.9. The molecular formula is C20H18N2OS2. The van der Waals surface area contributed by atoms with Crippen LogP contribution in [0.15, 0.2) is 65.2 Å². The molecule has 0 atom stereocenters. The standard InChI is InChI=1S/C20H18N2OS2/c1-20(2)14-11-7-8-12-15(14)21(3)17(20)16-18(23)22(19(24)25-16)13-9-5-4-6-10-13/h4-12H,1-3H3/b17-16+. The predicted molar refractivity (Wildman–Crippen MR) is 109 cm³/mol. The molecule has 0 spiro atoms. The van der Waals surface area contributed by atoms with Crippen LogP contribution in [0.4, 0.5) is 11.4 Å². The summed E-state index contributed by atoms with van der Waals surface area (Å²) in [5.41, 5.74) is 3.97. The van der Waals surface area contributed by atoms with Gasteiger partial charge in [0.2, 0.25) is 0 Å². The van der Waals surface area contributed by atoms with Crippen molar-refractivity contribution < 1.29 is 4.79 Å². The van der Waals surface area contributed by atoms with Gasteiger partial charge < -0.3 is 4.90 Å². The first-order chi connectivity index (χ1) is 11.9. The van der Waals surface area contributed by atoms with Gasteiger partial charge in [-0.3, -0.25) is 9.69 Å². The molecule has 0 unspecified atom stereocenters. The summed E-state index contributed by atoms with van der Waals surface area (Å²) in [7, 11) is 2.03. The Kier molecular flexibility index (Phi) is 3.74. The Hall–Kier alpha value is -2.11. The first-order valence-electron chi connectivity index (χ1n) is 8.12. The predicted octanol–water partition coefficient (Wildman–Crippen LogP) is 4.69. The Labute approximate surface area is 157 Å². The number of allylic oxidation sites excluding steroid dienone is 1. The number of thioether (sulfide) groups is 1. The summed E-state index contributed by atoms with van der Waals surface area (Å²) in [6.07, 6.45) is 0. The van der Waals surface area contributed by atoms with E-state index in [1.165, 1.54) is 17.3 Å². The van der Waals surface area contributed by atoms with Gasteiger partial charge in [-0.1, -0.05) is 74.2 Å². The lowest BCUT2D eigenvalue weighted by Crippen LogP contribution is -2.30. The largest absolute Gasteiger partial charge is 0.346 e. The van der Waals surface area contributed by atoms with Gasteiger partial charge in [-0.2, -0.15) is 0 Å². The molecule has 126 valence electrons. The second-order valence-electron chi connectivity index (χ2n) is 6.72. The van der Waals surface area contributed by atoms with Crippen molar-refractivity contribution >= 4 is 45.6 Å². The average Bonchev–Trinajstić information content (AvgIpc) is 2.99. The number of rotatable bonds is 1. The molecule has 2 aromatic carbocycles. The van der Waals surface area contributed by atoms with Crippen LogP contribution in [-0.4, -0.2) is 17.3 Å². The van der Waals surface area contributed by atoms with Crippen LogP contribution >= 0.6 is 24.0 Å². The lowest BCUT2D eigenvalue weighted by atomic mass is 9.83. The second-order valence-corrected chi connectivity index (χ2v) is 8.37. The van der Waals surface area contributed by atoms with E-state index in [4.69, 9.17) is 12.2 Å². The van der Waals surface area contributed by atoms with Crippen molar-refractivity contribution in [2.75, 3.05) is 16.8 Å². The number of likely N-dealkylation sites (N-methyl/N-ethyl adjacent to an activating group) is 1. The van der Waals surface area contributed by atoms with Crippen molar-refractivity contribution in [2.45, 2.75) is 19.3 Å². The lowest BCUT2D eigenvalue weighted by molar-refractivity contribution is -0.113. The fourth-order valence-electron chi connectivity index (χ4n) is 3.71. The Morgan fingerprint density at radius 3 is 2.32 bits per heavy atom. The Morgan fingerprint density at radius 2 is 1.64 bits per heavy atom. The van der Waals surface area contributed by atoms with E-state index in [1.807, 2.05) is 49.5 Å². The highest BCUT2D eigenvalue weighted by molar-refractivity contribution is 8.27. The quantitative estimate of drug-likeness (QED) is 0.540. The van der Waals surface area contributed by atoms with Crippen LogP contribution in [0.2, 0.25) is 0 Å². The van der Waals surface area contributed by atoms with Gasteiger partial charge >= 0.3 is 0 Å². The molecule has 2 heterocycles. The Balaban J connectivity index is 1.85. The molecular weight excluding hydrogens is 348 g/mol. The van der Waals surface area contributed by atoms with Crippen molar-refractivity contribution in [3.63, 3.8) is 0 Å². The monoisotopic (exact) mass is 366 g/mol. The molecule has 2 aliphatic rings. The molecule has 0 aromatic heterocycles. The van der Waals surface area contributed by atoms with Gasteiger partial charge in [-0.05, 0) is 23.8 Å². The summed E-state index contributed by atoms with van der Waals surface area (Å²) in [4.78, 5) is 17.7. The summed E-state index contributed by atoms with van der Waals surface area (Å²) in [5, 5.41) is 0. The Morgan fingerprint density at radius 1 is 1.00 bits per heavy atom. The molecule has 0 radical (unpaired) electrons. The highest BCUT2D eigenvalue weighted by Gasteiger charge is 2.45. The van der Waals surface area contributed by atoms with Gasteiger partial charge in [0, 0.05) is 23.8 Å². The number of amides is 1.